The van der Waals surface area contributed by atoms with Crippen molar-refractivity contribution in [3.8, 4) is 0 Å². The molecule has 1 nitrogen and oxygen atoms in total. The fraction of sp³-hybridized carbons (Fsp3) is 0.750. The Kier molecular flexibility index (Phi) is 6.56. The lowest BCUT2D eigenvalue weighted by Gasteiger charge is -2.12. The van der Waals surface area contributed by atoms with E-state index in [0.717, 1.165) is 18.4 Å². The molecule has 0 fully saturated rings. The Morgan fingerprint density at radius 2 is 1.92 bits per heavy atom. The summed E-state index contributed by atoms with van der Waals surface area (Å²) in [4.78, 5) is 11.2. The lowest BCUT2D eigenvalue weighted by Crippen LogP contribution is -2.11. The van der Waals surface area contributed by atoms with Crippen LogP contribution in [0.3, 0.4) is 0 Å². The second-order valence-electron chi connectivity index (χ2n) is 3.96. The Balaban J connectivity index is 3.81. The monoisotopic (exact) mass is 182 g/mol. The predicted octanol–water partition coefficient (Wildman–Crippen LogP) is 3.74. The SMILES string of the molecule is C=C(C)C[C@@H](CCCCC)C(C)=O. The van der Waals surface area contributed by atoms with E-state index < -0.39 is 0 Å². The number of rotatable bonds is 7. The van der Waals surface area contributed by atoms with Crippen molar-refractivity contribution in [2.45, 2.75) is 52.9 Å². The summed E-state index contributed by atoms with van der Waals surface area (Å²) in [6.07, 6.45) is 5.54. The standard InChI is InChI=1S/C12H22O/c1-5-6-7-8-12(11(4)13)9-10(2)3/h12H,2,5-9H2,1,3-4H3/t12-/m1/s1. The van der Waals surface area contributed by atoms with Crippen molar-refractivity contribution >= 4 is 5.78 Å². The van der Waals surface area contributed by atoms with Crippen molar-refractivity contribution < 1.29 is 4.79 Å². The van der Waals surface area contributed by atoms with E-state index in [2.05, 4.69) is 13.5 Å². The third-order valence-corrected chi connectivity index (χ3v) is 2.33. The van der Waals surface area contributed by atoms with E-state index in [0.29, 0.717) is 5.78 Å². The van der Waals surface area contributed by atoms with Gasteiger partial charge in [-0.2, -0.15) is 0 Å². The van der Waals surface area contributed by atoms with Crippen molar-refractivity contribution in [2.75, 3.05) is 0 Å². The molecule has 0 bridgehead atoms. The van der Waals surface area contributed by atoms with E-state index >= 15 is 0 Å². The first-order valence-electron chi connectivity index (χ1n) is 5.22. The lowest BCUT2D eigenvalue weighted by molar-refractivity contribution is -0.120. The molecule has 0 heterocycles. The molecular formula is C12H22O. The summed E-state index contributed by atoms with van der Waals surface area (Å²) in [7, 11) is 0. The number of carbonyl (C=O) groups is 1. The van der Waals surface area contributed by atoms with Gasteiger partial charge in [-0.05, 0) is 26.7 Å². The van der Waals surface area contributed by atoms with E-state index in [-0.39, 0.29) is 5.92 Å². The summed E-state index contributed by atoms with van der Waals surface area (Å²) in [5.74, 6) is 0.545. The third-order valence-electron chi connectivity index (χ3n) is 2.33. The molecular weight excluding hydrogens is 160 g/mol. The highest BCUT2D eigenvalue weighted by atomic mass is 16.1. The van der Waals surface area contributed by atoms with Gasteiger partial charge in [0.15, 0.2) is 0 Å². The van der Waals surface area contributed by atoms with Crippen molar-refractivity contribution in [3.63, 3.8) is 0 Å². The molecule has 0 aromatic heterocycles. The van der Waals surface area contributed by atoms with Gasteiger partial charge in [0.2, 0.25) is 0 Å². The second kappa shape index (κ2) is 6.88. The lowest BCUT2D eigenvalue weighted by atomic mass is 9.92. The van der Waals surface area contributed by atoms with Gasteiger partial charge < -0.3 is 0 Å². The zero-order valence-electron chi connectivity index (χ0n) is 9.23. The average molecular weight is 182 g/mol. The largest absolute Gasteiger partial charge is 0.300 e. The maximum Gasteiger partial charge on any atom is 0.133 e. The van der Waals surface area contributed by atoms with Gasteiger partial charge in [0.1, 0.15) is 5.78 Å². The van der Waals surface area contributed by atoms with Gasteiger partial charge >= 0.3 is 0 Å². The fourth-order valence-electron chi connectivity index (χ4n) is 1.51. The average Bonchev–Trinajstić information content (AvgIpc) is 2.02. The molecule has 0 aromatic rings. The Hall–Kier alpha value is -0.590. The molecule has 1 heteroatoms. The minimum absolute atomic E-state index is 0.226. The molecule has 0 unspecified atom stereocenters. The van der Waals surface area contributed by atoms with Gasteiger partial charge in [-0.1, -0.05) is 31.8 Å². The highest BCUT2D eigenvalue weighted by molar-refractivity contribution is 5.78. The minimum Gasteiger partial charge on any atom is -0.300 e. The van der Waals surface area contributed by atoms with Crippen LogP contribution in [0.1, 0.15) is 52.9 Å². The smallest absolute Gasteiger partial charge is 0.133 e. The molecule has 0 aliphatic rings. The second-order valence-corrected chi connectivity index (χ2v) is 3.96. The molecule has 13 heavy (non-hydrogen) atoms. The van der Waals surface area contributed by atoms with Crippen LogP contribution < -0.4 is 0 Å². The number of Topliss-reactive ketones (excluding diaryl/α,β-unsaturated/α-hetero) is 1. The van der Waals surface area contributed by atoms with Gasteiger partial charge in [0, 0.05) is 5.92 Å². The number of allylic oxidation sites excluding steroid dienone is 1. The normalized spacial score (nSPS) is 12.5. The first-order chi connectivity index (χ1) is 6.07. The maximum absolute atomic E-state index is 11.2. The van der Waals surface area contributed by atoms with Crippen molar-refractivity contribution in [1.82, 2.24) is 0 Å². The van der Waals surface area contributed by atoms with E-state index in [1.165, 1.54) is 19.3 Å². The zero-order valence-corrected chi connectivity index (χ0v) is 9.23. The Bertz CT molecular complexity index is 170. The molecule has 0 saturated heterocycles. The van der Waals surface area contributed by atoms with Gasteiger partial charge in [-0.3, -0.25) is 4.79 Å². The molecule has 0 amide bonds. The van der Waals surface area contributed by atoms with E-state index in [9.17, 15) is 4.79 Å². The number of hydrogen-bond donors (Lipinski definition) is 0. The summed E-state index contributed by atoms with van der Waals surface area (Å²) in [6, 6.07) is 0. The molecule has 0 rings (SSSR count). The Labute approximate surface area is 82.2 Å². The molecule has 0 aliphatic carbocycles. The summed E-state index contributed by atoms with van der Waals surface area (Å²) in [5.41, 5.74) is 1.12. The number of carbonyl (C=O) groups excluding carboxylic acids is 1. The van der Waals surface area contributed by atoms with Gasteiger partial charge in [0.05, 0.1) is 0 Å². The highest BCUT2D eigenvalue weighted by Gasteiger charge is 2.13. The molecule has 0 saturated carbocycles. The molecule has 0 radical (unpaired) electrons. The van der Waals surface area contributed by atoms with Crippen LogP contribution in [0.15, 0.2) is 12.2 Å². The van der Waals surface area contributed by atoms with Crippen molar-refractivity contribution in [3.05, 3.63) is 12.2 Å². The van der Waals surface area contributed by atoms with Crippen molar-refractivity contribution in [2.24, 2.45) is 5.92 Å². The topological polar surface area (TPSA) is 17.1 Å². The van der Waals surface area contributed by atoms with Crippen LogP contribution in [0.25, 0.3) is 0 Å². The van der Waals surface area contributed by atoms with Crippen LogP contribution in [-0.4, -0.2) is 5.78 Å². The molecule has 1 atom stereocenters. The highest BCUT2D eigenvalue weighted by Crippen LogP contribution is 2.18. The molecule has 0 spiro atoms. The Morgan fingerprint density at radius 3 is 2.31 bits per heavy atom. The van der Waals surface area contributed by atoms with Gasteiger partial charge in [-0.15, -0.1) is 6.58 Å². The number of unbranched alkanes of at least 4 members (excludes halogenated alkanes) is 2. The first kappa shape index (κ1) is 12.4. The molecule has 0 aromatic carbocycles. The minimum atomic E-state index is 0.226. The molecule has 0 aliphatic heterocycles. The van der Waals surface area contributed by atoms with Gasteiger partial charge in [-0.25, -0.2) is 0 Å². The van der Waals surface area contributed by atoms with Crippen LogP contribution in [-0.2, 0) is 4.79 Å². The van der Waals surface area contributed by atoms with Gasteiger partial charge in [0.25, 0.3) is 0 Å². The quantitative estimate of drug-likeness (QED) is 0.433. The summed E-state index contributed by atoms with van der Waals surface area (Å²) >= 11 is 0. The van der Waals surface area contributed by atoms with Crippen LogP contribution in [0.2, 0.25) is 0 Å². The first-order valence-corrected chi connectivity index (χ1v) is 5.22. The fourth-order valence-corrected chi connectivity index (χ4v) is 1.51. The third kappa shape index (κ3) is 6.56. The van der Waals surface area contributed by atoms with E-state index in [1.54, 1.807) is 6.92 Å². The predicted molar refractivity (Wildman–Crippen MR) is 57.7 cm³/mol. The molecule has 0 N–H and O–H groups in total. The summed E-state index contributed by atoms with van der Waals surface area (Å²) in [5, 5.41) is 0. The Morgan fingerprint density at radius 1 is 1.31 bits per heavy atom. The van der Waals surface area contributed by atoms with Crippen LogP contribution >= 0.6 is 0 Å². The summed E-state index contributed by atoms with van der Waals surface area (Å²) < 4.78 is 0. The van der Waals surface area contributed by atoms with E-state index in [4.69, 9.17) is 0 Å². The van der Waals surface area contributed by atoms with Crippen molar-refractivity contribution in [1.29, 1.82) is 0 Å². The number of ketones is 1. The van der Waals surface area contributed by atoms with E-state index in [1.807, 2.05) is 6.92 Å². The maximum atomic E-state index is 11.2. The number of hydrogen-bond acceptors (Lipinski definition) is 1. The summed E-state index contributed by atoms with van der Waals surface area (Å²) in [6.45, 7) is 9.73. The zero-order chi connectivity index (χ0) is 10.3. The molecule has 76 valence electrons. The van der Waals surface area contributed by atoms with Crippen LogP contribution in [0, 0.1) is 5.92 Å². The van der Waals surface area contributed by atoms with Crippen LogP contribution in [0.4, 0.5) is 0 Å². The van der Waals surface area contributed by atoms with Crippen LogP contribution in [0.5, 0.6) is 0 Å².